The normalized spacial score (nSPS) is 17.2. The maximum atomic E-state index is 12.2. The Morgan fingerprint density at radius 2 is 1.64 bits per heavy atom. The highest BCUT2D eigenvalue weighted by atomic mass is 16.1. The van der Waals surface area contributed by atoms with Crippen LogP contribution in [0.2, 0.25) is 0 Å². The van der Waals surface area contributed by atoms with Crippen molar-refractivity contribution in [3.8, 4) is 0 Å². The molecule has 1 saturated heterocycles. The molecule has 1 unspecified atom stereocenters. The molecule has 0 bridgehead atoms. The quantitative estimate of drug-likeness (QED) is 0.862. The highest BCUT2D eigenvalue weighted by Gasteiger charge is 2.21. The van der Waals surface area contributed by atoms with E-state index in [1.54, 1.807) is 0 Å². The summed E-state index contributed by atoms with van der Waals surface area (Å²) in [4.78, 5) is 14.8. The zero-order chi connectivity index (χ0) is 17.5. The molecule has 0 aromatic heterocycles. The molecule has 1 heterocycles. The fraction of sp³-hybridized carbons (Fsp3) is 0.409. The number of carbonyl (C=O) groups excluding carboxylic acids is 1. The second-order valence-corrected chi connectivity index (χ2v) is 7.06. The highest BCUT2D eigenvalue weighted by molar-refractivity contribution is 5.94. The van der Waals surface area contributed by atoms with Gasteiger partial charge in [-0.1, -0.05) is 55.5 Å². The second-order valence-electron chi connectivity index (χ2n) is 7.06. The SMILES string of the molecule is CC(CCN1CCC(NC(=O)c2ccccc2)CC1)c1ccccc1. The molecule has 0 radical (unpaired) electrons. The van der Waals surface area contributed by atoms with Gasteiger partial charge in [0.25, 0.3) is 5.91 Å². The lowest BCUT2D eigenvalue weighted by Gasteiger charge is -2.33. The van der Waals surface area contributed by atoms with E-state index in [4.69, 9.17) is 0 Å². The molecule has 2 aromatic rings. The molecule has 3 nitrogen and oxygen atoms in total. The Labute approximate surface area is 151 Å². The molecule has 1 atom stereocenters. The first-order valence-corrected chi connectivity index (χ1v) is 9.35. The molecule has 0 spiro atoms. The smallest absolute Gasteiger partial charge is 0.251 e. The maximum Gasteiger partial charge on any atom is 0.251 e. The number of amides is 1. The van der Waals surface area contributed by atoms with Gasteiger partial charge in [-0.2, -0.15) is 0 Å². The predicted octanol–water partition coefficient (Wildman–Crippen LogP) is 4.07. The lowest BCUT2D eigenvalue weighted by molar-refractivity contribution is 0.0910. The number of rotatable bonds is 6. The maximum absolute atomic E-state index is 12.2. The van der Waals surface area contributed by atoms with Crippen molar-refractivity contribution >= 4 is 5.91 Å². The number of hydrogen-bond donors (Lipinski definition) is 1. The lowest BCUT2D eigenvalue weighted by atomic mass is 9.97. The molecule has 3 rings (SSSR count). The molecule has 1 amide bonds. The van der Waals surface area contributed by atoms with Crippen LogP contribution >= 0.6 is 0 Å². The van der Waals surface area contributed by atoms with Crippen LogP contribution in [0.15, 0.2) is 60.7 Å². The molecule has 3 heteroatoms. The zero-order valence-electron chi connectivity index (χ0n) is 15.0. The summed E-state index contributed by atoms with van der Waals surface area (Å²) in [6.45, 7) is 5.58. The number of carbonyl (C=O) groups is 1. The molecular weight excluding hydrogens is 308 g/mol. The summed E-state index contributed by atoms with van der Waals surface area (Å²) in [5.41, 5.74) is 2.18. The van der Waals surface area contributed by atoms with E-state index < -0.39 is 0 Å². The van der Waals surface area contributed by atoms with Crippen molar-refractivity contribution in [1.82, 2.24) is 10.2 Å². The third kappa shape index (κ3) is 5.17. The number of benzene rings is 2. The van der Waals surface area contributed by atoms with Gasteiger partial charge >= 0.3 is 0 Å². The Kier molecular flexibility index (Phi) is 6.24. The Hall–Kier alpha value is -2.13. The number of piperidine rings is 1. The molecule has 2 aromatic carbocycles. The Bertz CT molecular complexity index is 648. The van der Waals surface area contributed by atoms with E-state index in [2.05, 4.69) is 47.5 Å². The summed E-state index contributed by atoms with van der Waals surface area (Å²) in [6, 6.07) is 20.5. The first-order chi connectivity index (χ1) is 12.2. The zero-order valence-corrected chi connectivity index (χ0v) is 15.0. The van der Waals surface area contributed by atoms with Crippen LogP contribution in [0.3, 0.4) is 0 Å². The van der Waals surface area contributed by atoms with Crippen molar-refractivity contribution in [2.24, 2.45) is 0 Å². The monoisotopic (exact) mass is 336 g/mol. The van der Waals surface area contributed by atoms with Gasteiger partial charge in [-0.05, 0) is 49.4 Å². The minimum Gasteiger partial charge on any atom is -0.349 e. The average molecular weight is 336 g/mol. The molecule has 1 fully saturated rings. The summed E-state index contributed by atoms with van der Waals surface area (Å²) in [6.07, 6.45) is 3.27. The molecule has 1 aliphatic rings. The van der Waals surface area contributed by atoms with Crippen LogP contribution in [-0.4, -0.2) is 36.5 Å². The minimum absolute atomic E-state index is 0.0525. The van der Waals surface area contributed by atoms with Gasteiger partial charge in [0.15, 0.2) is 0 Å². The first-order valence-electron chi connectivity index (χ1n) is 9.35. The summed E-state index contributed by atoms with van der Waals surface area (Å²) >= 11 is 0. The van der Waals surface area contributed by atoms with Gasteiger partial charge in [0.2, 0.25) is 0 Å². The molecule has 1 N–H and O–H groups in total. The summed E-state index contributed by atoms with van der Waals surface area (Å²) < 4.78 is 0. The number of nitrogens with one attached hydrogen (secondary N) is 1. The fourth-order valence-electron chi connectivity index (χ4n) is 3.48. The summed E-state index contributed by atoms with van der Waals surface area (Å²) in [7, 11) is 0. The number of nitrogens with zero attached hydrogens (tertiary/aromatic N) is 1. The second kappa shape index (κ2) is 8.82. The first kappa shape index (κ1) is 17.7. The fourth-order valence-corrected chi connectivity index (χ4v) is 3.48. The van der Waals surface area contributed by atoms with E-state index in [1.807, 2.05) is 30.3 Å². The van der Waals surface area contributed by atoms with Crippen LogP contribution in [-0.2, 0) is 0 Å². The largest absolute Gasteiger partial charge is 0.349 e. The Balaban J connectivity index is 1.39. The van der Waals surface area contributed by atoms with Crippen molar-refractivity contribution in [2.75, 3.05) is 19.6 Å². The minimum atomic E-state index is 0.0525. The van der Waals surface area contributed by atoms with Crippen LogP contribution in [0.5, 0.6) is 0 Å². The molecule has 0 aliphatic carbocycles. The van der Waals surface area contributed by atoms with Crippen molar-refractivity contribution in [2.45, 2.75) is 38.1 Å². The highest BCUT2D eigenvalue weighted by Crippen LogP contribution is 2.20. The van der Waals surface area contributed by atoms with Crippen molar-refractivity contribution < 1.29 is 4.79 Å². The number of likely N-dealkylation sites (tertiary alicyclic amines) is 1. The van der Waals surface area contributed by atoms with Crippen LogP contribution in [0.1, 0.15) is 48.0 Å². The average Bonchev–Trinajstić information content (AvgIpc) is 2.68. The van der Waals surface area contributed by atoms with Crippen molar-refractivity contribution in [3.63, 3.8) is 0 Å². The van der Waals surface area contributed by atoms with E-state index in [1.165, 1.54) is 12.0 Å². The summed E-state index contributed by atoms with van der Waals surface area (Å²) in [5, 5.41) is 3.18. The van der Waals surface area contributed by atoms with Gasteiger partial charge in [-0.15, -0.1) is 0 Å². The van der Waals surface area contributed by atoms with Crippen LogP contribution in [0, 0.1) is 0 Å². The Morgan fingerprint density at radius 3 is 2.28 bits per heavy atom. The van der Waals surface area contributed by atoms with Crippen LogP contribution < -0.4 is 5.32 Å². The topological polar surface area (TPSA) is 32.3 Å². The van der Waals surface area contributed by atoms with Crippen LogP contribution in [0.25, 0.3) is 0 Å². The van der Waals surface area contributed by atoms with Gasteiger partial charge < -0.3 is 10.2 Å². The van der Waals surface area contributed by atoms with Crippen molar-refractivity contribution in [1.29, 1.82) is 0 Å². The van der Waals surface area contributed by atoms with Gasteiger partial charge in [0.05, 0.1) is 0 Å². The van der Waals surface area contributed by atoms with Gasteiger partial charge in [-0.25, -0.2) is 0 Å². The van der Waals surface area contributed by atoms with E-state index >= 15 is 0 Å². The molecular formula is C22H28N2O. The standard InChI is InChI=1S/C22H28N2O/c1-18(19-8-4-2-5-9-19)12-15-24-16-13-21(14-17-24)23-22(25)20-10-6-3-7-11-20/h2-11,18,21H,12-17H2,1H3,(H,23,25). The molecule has 25 heavy (non-hydrogen) atoms. The number of hydrogen-bond acceptors (Lipinski definition) is 2. The lowest BCUT2D eigenvalue weighted by Crippen LogP contribution is -2.45. The molecule has 132 valence electrons. The van der Waals surface area contributed by atoms with E-state index in [-0.39, 0.29) is 5.91 Å². The van der Waals surface area contributed by atoms with Gasteiger partial charge in [-0.3, -0.25) is 4.79 Å². The molecule has 1 aliphatic heterocycles. The van der Waals surface area contributed by atoms with Crippen LogP contribution in [0.4, 0.5) is 0 Å². The third-order valence-corrected chi connectivity index (χ3v) is 5.21. The van der Waals surface area contributed by atoms with Crippen molar-refractivity contribution in [3.05, 3.63) is 71.8 Å². The Morgan fingerprint density at radius 1 is 1.04 bits per heavy atom. The van der Waals surface area contributed by atoms with Gasteiger partial charge in [0.1, 0.15) is 0 Å². The third-order valence-electron chi connectivity index (χ3n) is 5.21. The van der Waals surface area contributed by atoms with Gasteiger partial charge in [0, 0.05) is 24.7 Å². The van der Waals surface area contributed by atoms with E-state index in [0.29, 0.717) is 12.0 Å². The van der Waals surface area contributed by atoms with E-state index in [9.17, 15) is 4.79 Å². The van der Waals surface area contributed by atoms with E-state index in [0.717, 1.165) is 38.0 Å². The summed E-state index contributed by atoms with van der Waals surface area (Å²) in [5.74, 6) is 0.647. The molecule has 0 saturated carbocycles. The predicted molar refractivity (Wildman–Crippen MR) is 103 cm³/mol.